The average molecular weight is 239 g/mol. The normalized spacial score (nSPS) is 11.4. The molecule has 0 heterocycles. The highest BCUT2D eigenvalue weighted by molar-refractivity contribution is 7.86. The lowest BCUT2D eigenvalue weighted by atomic mass is 10.2. The van der Waals surface area contributed by atoms with Gasteiger partial charge in [0.2, 0.25) is 0 Å². The molecule has 0 atom stereocenters. The Morgan fingerprint density at radius 2 is 2.00 bits per heavy atom. The molecular weight excluding hydrogens is 231 g/mol. The van der Waals surface area contributed by atoms with E-state index in [1.54, 1.807) is 6.92 Å². The molecule has 0 saturated carbocycles. The number of ether oxygens (including phenoxy) is 1. The molecule has 0 N–H and O–H groups in total. The molecule has 0 unspecified atom stereocenters. The molecule has 1 aromatic carbocycles. The van der Waals surface area contributed by atoms with E-state index in [9.17, 15) is 12.3 Å². The van der Waals surface area contributed by atoms with E-state index in [0.29, 0.717) is 5.56 Å². The van der Waals surface area contributed by atoms with E-state index in [-0.39, 0.29) is 10.8 Å². The maximum absolute atomic E-state index is 12.7. The topological polar surface area (TPSA) is 43.4 Å². The van der Waals surface area contributed by atoms with Crippen molar-refractivity contribution in [1.29, 1.82) is 0 Å². The number of rotatable bonds is 2. The van der Waals surface area contributed by atoms with Crippen LogP contribution in [0.4, 0.5) is 3.89 Å². The fraction of sp³-hybridized carbons (Fsp3) is 0.250. The average Bonchev–Trinajstić information content (AvgIpc) is 2.07. The molecule has 1 rings (SSSR count). The summed E-state index contributed by atoms with van der Waals surface area (Å²) in [5.41, 5.74) is 0.621. The van der Waals surface area contributed by atoms with Crippen LogP contribution in [0.2, 0.25) is 5.02 Å². The van der Waals surface area contributed by atoms with Crippen molar-refractivity contribution in [2.75, 3.05) is 7.11 Å². The molecule has 0 bridgehead atoms. The molecule has 0 amide bonds. The van der Waals surface area contributed by atoms with Crippen LogP contribution in [-0.2, 0) is 10.2 Å². The van der Waals surface area contributed by atoms with Crippen molar-refractivity contribution in [1.82, 2.24) is 0 Å². The predicted molar refractivity (Wildman–Crippen MR) is 51.0 cm³/mol. The van der Waals surface area contributed by atoms with Crippen LogP contribution < -0.4 is 4.74 Å². The van der Waals surface area contributed by atoms with Gasteiger partial charge in [-0.05, 0) is 24.6 Å². The Balaban J connectivity index is 3.51. The third-order valence-corrected chi connectivity index (χ3v) is 2.96. The van der Waals surface area contributed by atoms with Crippen LogP contribution in [0.15, 0.2) is 17.0 Å². The zero-order valence-electron chi connectivity index (χ0n) is 7.54. The van der Waals surface area contributed by atoms with Crippen LogP contribution in [-0.4, -0.2) is 15.5 Å². The van der Waals surface area contributed by atoms with Gasteiger partial charge in [-0.2, -0.15) is 8.42 Å². The standard InChI is InChI=1S/C8H8ClFO3S/c1-5-3-7(13-2)8(4-6(5)9)14(10,11)12/h3-4H,1-2H3. The molecule has 0 aliphatic rings. The lowest BCUT2D eigenvalue weighted by Crippen LogP contribution is -1.97. The van der Waals surface area contributed by atoms with E-state index in [2.05, 4.69) is 0 Å². The Hall–Kier alpha value is -0.810. The molecule has 0 spiro atoms. The fourth-order valence-corrected chi connectivity index (χ4v) is 1.86. The maximum atomic E-state index is 12.7. The summed E-state index contributed by atoms with van der Waals surface area (Å²) in [6, 6.07) is 2.40. The highest BCUT2D eigenvalue weighted by Gasteiger charge is 2.19. The first kappa shape index (κ1) is 11.3. The SMILES string of the molecule is COc1cc(C)c(Cl)cc1S(=O)(=O)F. The predicted octanol–water partition coefficient (Wildman–Crippen LogP) is 2.32. The minimum Gasteiger partial charge on any atom is -0.495 e. The molecule has 1 aromatic rings. The van der Waals surface area contributed by atoms with Crippen LogP contribution in [0.5, 0.6) is 5.75 Å². The number of hydrogen-bond acceptors (Lipinski definition) is 3. The van der Waals surface area contributed by atoms with Crippen LogP contribution in [0.3, 0.4) is 0 Å². The molecule has 0 radical (unpaired) electrons. The summed E-state index contributed by atoms with van der Waals surface area (Å²) in [5.74, 6) is -0.0469. The van der Waals surface area contributed by atoms with Gasteiger partial charge >= 0.3 is 10.2 Å². The minimum atomic E-state index is -4.79. The van der Waals surface area contributed by atoms with Crippen molar-refractivity contribution < 1.29 is 17.0 Å². The highest BCUT2D eigenvalue weighted by Crippen LogP contribution is 2.30. The molecule has 0 saturated heterocycles. The van der Waals surface area contributed by atoms with Crippen molar-refractivity contribution in [3.8, 4) is 5.75 Å². The van der Waals surface area contributed by atoms with Gasteiger partial charge in [0.25, 0.3) is 0 Å². The summed E-state index contributed by atoms with van der Waals surface area (Å²) < 4.78 is 38.8. The van der Waals surface area contributed by atoms with Gasteiger partial charge in [0.1, 0.15) is 10.6 Å². The first-order valence-corrected chi connectivity index (χ1v) is 5.41. The summed E-state index contributed by atoms with van der Waals surface area (Å²) in [5, 5.41) is 0.182. The van der Waals surface area contributed by atoms with Crippen LogP contribution in [0, 0.1) is 6.92 Å². The lowest BCUT2D eigenvalue weighted by Gasteiger charge is -2.07. The summed E-state index contributed by atoms with van der Waals surface area (Å²) >= 11 is 5.66. The largest absolute Gasteiger partial charge is 0.495 e. The van der Waals surface area contributed by atoms with E-state index < -0.39 is 15.1 Å². The molecule has 0 fully saturated rings. The minimum absolute atomic E-state index is 0.0469. The van der Waals surface area contributed by atoms with Gasteiger partial charge in [0.15, 0.2) is 0 Å². The number of hydrogen-bond donors (Lipinski definition) is 0. The van der Waals surface area contributed by atoms with E-state index in [4.69, 9.17) is 16.3 Å². The maximum Gasteiger partial charge on any atom is 0.335 e. The Morgan fingerprint density at radius 3 is 2.43 bits per heavy atom. The third kappa shape index (κ3) is 2.16. The Kier molecular flexibility index (Phi) is 3.01. The van der Waals surface area contributed by atoms with Gasteiger partial charge < -0.3 is 4.74 Å². The zero-order valence-corrected chi connectivity index (χ0v) is 9.12. The number of aryl methyl sites for hydroxylation is 1. The van der Waals surface area contributed by atoms with Crippen molar-refractivity contribution in [2.45, 2.75) is 11.8 Å². The van der Waals surface area contributed by atoms with Gasteiger partial charge in [-0.15, -0.1) is 3.89 Å². The van der Waals surface area contributed by atoms with Gasteiger partial charge in [0.05, 0.1) is 7.11 Å². The second kappa shape index (κ2) is 3.74. The van der Waals surface area contributed by atoms with E-state index in [1.807, 2.05) is 0 Å². The summed E-state index contributed by atoms with van der Waals surface area (Å²) in [7, 11) is -3.53. The fourth-order valence-electron chi connectivity index (χ4n) is 0.987. The van der Waals surface area contributed by atoms with Gasteiger partial charge in [0, 0.05) is 5.02 Å². The van der Waals surface area contributed by atoms with E-state index in [1.165, 1.54) is 13.2 Å². The molecule has 6 heteroatoms. The smallest absolute Gasteiger partial charge is 0.335 e. The van der Waals surface area contributed by atoms with Gasteiger partial charge in [-0.25, -0.2) is 0 Å². The summed E-state index contributed by atoms with van der Waals surface area (Å²) in [6.07, 6.45) is 0. The number of methoxy groups -OCH3 is 1. The first-order chi connectivity index (χ1) is 6.36. The van der Waals surface area contributed by atoms with Crippen molar-refractivity contribution in [3.05, 3.63) is 22.7 Å². The van der Waals surface area contributed by atoms with Crippen LogP contribution in [0.1, 0.15) is 5.56 Å². The summed E-state index contributed by atoms with van der Waals surface area (Å²) in [6.45, 7) is 1.67. The summed E-state index contributed by atoms with van der Waals surface area (Å²) in [4.78, 5) is -0.546. The lowest BCUT2D eigenvalue weighted by molar-refractivity contribution is 0.401. The van der Waals surface area contributed by atoms with E-state index in [0.717, 1.165) is 6.07 Å². The Bertz CT molecular complexity index is 456. The zero-order chi connectivity index (χ0) is 10.9. The van der Waals surface area contributed by atoms with Gasteiger partial charge in [-0.3, -0.25) is 0 Å². The molecular formula is C8H8ClFO3S. The number of benzene rings is 1. The van der Waals surface area contributed by atoms with Crippen LogP contribution >= 0.6 is 11.6 Å². The Morgan fingerprint density at radius 1 is 1.43 bits per heavy atom. The quantitative estimate of drug-likeness (QED) is 0.743. The molecule has 78 valence electrons. The van der Waals surface area contributed by atoms with E-state index >= 15 is 0 Å². The Labute approximate surface area is 86.7 Å². The molecule has 0 aliphatic carbocycles. The van der Waals surface area contributed by atoms with Crippen molar-refractivity contribution >= 4 is 21.8 Å². The molecule has 14 heavy (non-hydrogen) atoms. The van der Waals surface area contributed by atoms with Crippen LogP contribution in [0.25, 0.3) is 0 Å². The highest BCUT2D eigenvalue weighted by atomic mass is 35.5. The third-order valence-electron chi connectivity index (χ3n) is 1.71. The second-order valence-corrected chi connectivity index (χ2v) is 4.41. The van der Waals surface area contributed by atoms with Crippen molar-refractivity contribution in [2.24, 2.45) is 0 Å². The monoisotopic (exact) mass is 238 g/mol. The second-order valence-electron chi connectivity index (χ2n) is 2.69. The first-order valence-electron chi connectivity index (χ1n) is 3.65. The molecule has 0 aromatic heterocycles. The van der Waals surface area contributed by atoms with Crippen molar-refractivity contribution in [3.63, 3.8) is 0 Å². The van der Waals surface area contributed by atoms with Gasteiger partial charge in [-0.1, -0.05) is 11.6 Å². The number of halogens is 2. The molecule has 3 nitrogen and oxygen atoms in total. The molecule has 0 aliphatic heterocycles.